The molecule has 1 N–H and O–H groups in total. The molecule has 1 aliphatic carbocycles. The summed E-state index contributed by atoms with van der Waals surface area (Å²) in [7, 11) is 0. The molecule has 0 aromatic carbocycles. The molecular formula is C12H15NO3. The third kappa shape index (κ3) is 2.51. The van der Waals surface area contributed by atoms with Crippen molar-refractivity contribution in [3.63, 3.8) is 0 Å². The van der Waals surface area contributed by atoms with E-state index in [4.69, 9.17) is 9.84 Å². The highest BCUT2D eigenvalue weighted by Crippen LogP contribution is 2.25. The second kappa shape index (κ2) is 4.96. The summed E-state index contributed by atoms with van der Waals surface area (Å²) in [5, 5.41) is 8.94. The maximum Gasteiger partial charge on any atom is 0.341 e. The fraction of sp³-hybridized carbons (Fsp3) is 0.500. The molecule has 1 aromatic rings. The highest BCUT2D eigenvalue weighted by molar-refractivity contribution is 5.90. The largest absolute Gasteiger partial charge is 0.477 e. The van der Waals surface area contributed by atoms with Gasteiger partial charge in [-0.25, -0.2) is 9.78 Å². The predicted octanol–water partition coefficient (Wildman–Crippen LogP) is 2.35. The fourth-order valence-corrected chi connectivity index (χ4v) is 2.04. The number of nitrogens with zero attached hydrogens (tertiary/aromatic N) is 1. The monoisotopic (exact) mass is 221 g/mol. The van der Waals surface area contributed by atoms with Crippen LogP contribution < -0.4 is 4.74 Å². The smallest absolute Gasteiger partial charge is 0.341 e. The van der Waals surface area contributed by atoms with E-state index in [1.165, 1.54) is 31.7 Å². The molecule has 16 heavy (non-hydrogen) atoms. The van der Waals surface area contributed by atoms with Crippen LogP contribution >= 0.6 is 0 Å². The zero-order chi connectivity index (χ0) is 11.4. The summed E-state index contributed by atoms with van der Waals surface area (Å²) in [5.41, 5.74) is 0.139. The second-order valence-corrected chi connectivity index (χ2v) is 4.12. The Labute approximate surface area is 94.3 Å². The van der Waals surface area contributed by atoms with Crippen molar-refractivity contribution in [1.82, 2.24) is 4.98 Å². The van der Waals surface area contributed by atoms with E-state index in [2.05, 4.69) is 4.98 Å². The first kappa shape index (κ1) is 10.9. The van der Waals surface area contributed by atoms with Crippen molar-refractivity contribution in [3.05, 3.63) is 23.9 Å². The molecule has 1 aliphatic rings. The van der Waals surface area contributed by atoms with Gasteiger partial charge in [0.15, 0.2) is 0 Å². The lowest BCUT2D eigenvalue weighted by Crippen LogP contribution is -2.11. The topological polar surface area (TPSA) is 59.4 Å². The van der Waals surface area contributed by atoms with Crippen LogP contribution in [0.3, 0.4) is 0 Å². The van der Waals surface area contributed by atoms with Gasteiger partial charge < -0.3 is 9.84 Å². The van der Waals surface area contributed by atoms with Crippen LogP contribution in [-0.2, 0) is 0 Å². The number of carboxylic acids is 1. The summed E-state index contributed by atoms with van der Waals surface area (Å²) in [4.78, 5) is 14.9. The molecule has 0 unspecified atom stereocenters. The quantitative estimate of drug-likeness (QED) is 0.847. The molecule has 4 heteroatoms. The molecule has 1 fully saturated rings. The third-order valence-corrected chi connectivity index (χ3v) is 2.93. The molecule has 0 saturated heterocycles. The van der Waals surface area contributed by atoms with E-state index < -0.39 is 5.97 Å². The first-order valence-corrected chi connectivity index (χ1v) is 5.58. The lowest BCUT2D eigenvalue weighted by atomic mass is 10.1. The predicted molar refractivity (Wildman–Crippen MR) is 58.6 cm³/mol. The Kier molecular flexibility index (Phi) is 3.39. The van der Waals surface area contributed by atoms with Gasteiger partial charge in [0.05, 0.1) is 6.61 Å². The van der Waals surface area contributed by atoms with Crippen molar-refractivity contribution in [1.29, 1.82) is 0 Å². The molecule has 1 saturated carbocycles. The molecule has 1 aromatic heterocycles. The lowest BCUT2D eigenvalue weighted by molar-refractivity contribution is 0.0690. The van der Waals surface area contributed by atoms with Crippen LogP contribution in [0.4, 0.5) is 0 Å². The zero-order valence-corrected chi connectivity index (χ0v) is 9.06. The number of ether oxygens (including phenoxy) is 1. The Morgan fingerprint density at radius 3 is 2.94 bits per heavy atom. The Morgan fingerprint density at radius 1 is 1.50 bits per heavy atom. The van der Waals surface area contributed by atoms with E-state index in [9.17, 15) is 4.79 Å². The number of aromatic carboxylic acids is 1. The summed E-state index contributed by atoms with van der Waals surface area (Å²) >= 11 is 0. The van der Waals surface area contributed by atoms with Crippen LogP contribution in [-0.4, -0.2) is 22.7 Å². The zero-order valence-electron chi connectivity index (χ0n) is 9.06. The maximum atomic E-state index is 10.9. The molecule has 0 radical (unpaired) electrons. The van der Waals surface area contributed by atoms with Crippen molar-refractivity contribution >= 4 is 5.97 Å². The van der Waals surface area contributed by atoms with Crippen LogP contribution in [0.1, 0.15) is 36.0 Å². The van der Waals surface area contributed by atoms with E-state index in [0.29, 0.717) is 12.5 Å². The molecular weight excluding hydrogens is 206 g/mol. The SMILES string of the molecule is O=C(O)c1cccnc1OCC1CCCC1. The van der Waals surface area contributed by atoms with E-state index in [1.807, 2.05) is 0 Å². The van der Waals surface area contributed by atoms with E-state index in [-0.39, 0.29) is 11.4 Å². The van der Waals surface area contributed by atoms with E-state index in [1.54, 1.807) is 12.3 Å². The molecule has 4 nitrogen and oxygen atoms in total. The van der Waals surface area contributed by atoms with Gasteiger partial charge in [0, 0.05) is 6.20 Å². The van der Waals surface area contributed by atoms with Crippen molar-refractivity contribution in [2.75, 3.05) is 6.61 Å². The van der Waals surface area contributed by atoms with Crippen LogP contribution in [0.15, 0.2) is 18.3 Å². The van der Waals surface area contributed by atoms with Crippen LogP contribution in [0, 0.1) is 5.92 Å². The fourth-order valence-electron chi connectivity index (χ4n) is 2.04. The molecule has 0 aliphatic heterocycles. The van der Waals surface area contributed by atoms with Crippen LogP contribution in [0.25, 0.3) is 0 Å². The first-order chi connectivity index (χ1) is 7.77. The summed E-state index contributed by atoms with van der Waals surface area (Å²) in [5.74, 6) is -0.194. The van der Waals surface area contributed by atoms with Crippen molar-refractivity contribution in [2.45, 2.75) is 25.7 Å². The maximum absolute atomic E-state index is 10.9. The van der Waals surface area contributed by atoms with Crippen molar-refractivity contribution in [2.24, 2.45) is 5.92 Å². The normalized spacial score (nSPS) is 16.2. The first-order valence-electron chi connectivity index (χ1n) is 5.58. The summed E-state index contributed by atoms with van der Waals surface area (Å²) in [6.07, 6.45) is 6.41. The van der Waals surface area contributed by atoms with Gasteiger partial charge in [0.25, 0.3) is 0 Å². The Hall–Kier alpha value is -1.58. The van der Waals surface area contributed by atoms with Gasteiger partial charge in [0.2, 0.25) is 5.88 Å². The molecule has 86 valence electrons. The summed E-state index contributed by atoms with van der Waals surface area (Å²) < 4.78 is 5.49. The molecule has 0 bridgehead atoms. The van der Waals surface area contributed by atoms with Crippen molar-refractivity contribution in [3.8, 4) is 5.88 Å². The molecule has 0 amide bonds. The van der Waals surface area contributed by atoms with Crippen LogP contribution in [0.2, 0.25) is 0 Å². The molecule has 1 heterocycles. The van der Waals surface area contributed by atoms with Gasteiger partial charge in [-0.3, -0.25) is 0 Å². The van der Waals surface area contributed by atoms with E-state index in [0.717, 1.165) is 0 Å². The highest BCUT2D eigenvalue weighted by Gasteiger charge is 2.18. The average molecular weight is 221 g/mol. The summed E-state index contributed by atoms with van der Waals surface area (Å²) in [6.45, 7) is 0.581. The number of hydrogen-bond donors (Lipinski definition) is 1. The van der Waals surface area contributed by atoms with E-state index >= 15 is 0 Å². The van der Waals surface area contributed by atoms with Crippen LogP contribution in [0.5, 0.6) is 5.88 Å². The number of carboxylic acid groups (broad SMARTS) is 1. The van der Waals surface area contributed by atoms with Gasteiger partial charge in [-0.1, -0.05) is 12.8 Å². The standard InChI is InChI=1S/C12H15NO3/c14-12(15)10-6-3-7-13-11(10)16-8-9-4-1-2-5-9/h3,6-7,9H,1-2,4-5,8H2,(H,14,15). The van der Waals surface area contributed by atoms with Gasteiger partial charge >= 0.3 is 5.97 Å². The van der Waals surface area contributed by atoms with Gasteiger partial charge in [-0.05, 0) is 30.9 Å². The molecule has 2 rings (SSSR count). The second-order valence-electron chi connectivity index (χ2n) is 4.12. The third-order valence-electron chi connectivity index (χ3n) is 2.93. The molecule has 0 spiro atoms. The molecule has 0 atom stereocenters. The minimum Gasteiger partial charge on any atom is -0.477 e. The highest BCUT2D eigenvalue weighted by atomic mass is 16.5. The average Bonchev–Trinajstić information content (AvgIpc) is 2.79. The van der Waals surface area contributed by atoms with Gasteiger partial charge in [-0.15, -0.1) is 0 Å². The number of hydrogen-bond acceptors (Lipinski definition) is 3. The van der Waals surface area contributed by atoms with Gasteiger partial charge in [0.1, 0.15) is 5.56 Å². The van der Waals surface area contributed by atoms with Gasteiger partial charge in [-0.2, -0.15) is 0 Å². The number of rotatable bonds is 4. The minimum atomic E-state index is -0.991. The summed E-state index contributed by atoms with van der Waals surface area (Å²) in [6, 6.07) is 3.12. The number of carbonyl (C=O) groups is 1. The Morgan fingerprint density at radius 2 is 2.25 bits per heavy atom. The van der Waals surface area contributed by atoms with Crippen molar-refractivity contribution < 1.29 is 14.6 Å². The Bertz CT molecular complexity index is 372. The number of pyridine rings is 1. The number of aromatic nitrogens is 1. The minimum absolute atomic E-state index is 0.139. The Balaban J connectivity index is 2.00. The lowest BCUT2D eigenvalue weighted by Gasteiger charge is -2.11.